The predicted molar refractivity (Wildman–Crippen MR) is 133 cm³/mol. The number of nitrogens with zero attached hydrogens (tertiary/aromatic N) is 2. The van der Waals surface area contributed by atoms with Crippen LogP contribution in [0, 0.1) is 5.92 Å². The minimum absolute atomic E-state index is 0.0487. The number of benzene rings is 2. The van der Waals surface area contributed by atoms with Crippen LogP contribution in [-0.4, -0.2) is 55.6 Å². The van der Waals surface area contributed by atoms with E-state index in [1.165, 1.54) is 9.87 Å². The van der Waals surface area contributed by atoms with Gasteiger partial charge in [0.2, 0.25) is 15.9 Å². The third kappa shape index (κ3) is 5.14. The molecule has 8 heteroatoms. The number of carbonyl (C=O) groups is 2. The Morgan fingerprint density at radius 2 is 1.63 bits per heavy atom. The molecule has 0 spiro atoms. The summed E-state index contributed by atoms with van der Waals surface area (Å²) in [6, 6.07) is 12.9. The standard InChI is InChI=1S/C27H33N3O4S/c31-26(28-19-20-5-3-8-24(17-20)27(32)29-13-1-2-14-29)22-11-15-30(16-12-22)35(33,34)25-10-9-21-6-4-7-23(21)18-25/h3,5,8-10,17-18,22H,1-2,4,6-7,11-16,19H2,(H,28,31). The Bertz CT molecular complexity index is 1210. The Labute approximate surface area is 207 Å². The van der Waals surface area contributed by atoms with Crippen molar-refractivity contribution in [3.8, 4) is 0 Å². The summed E-state index contributed by atoms with van der Waals surface area (Å²) in [5, 5.41) is 2.99. The average molecular weight is 496 g/mol. The van der Waals surface area contributed by atoms with E-state index in [2.05, 4.69) is 5.32 Å². The fourth-order valence-corrected chi connectivity index (χ4v) is 6.99. The molecule has 0 unspecified atom stereocenters. The molecule has 0 bridgehead atoms. The fourth-order valence-electron chi connectivity index (χ4n) is 5.47. The molecule has 3 aliphatic rings. The summed E-state index contributed by atoms with van der Waals surface area (Å²) < 4.78 is 27.8. The van der Waals surface area contributed by atoms with Gasteiger partial charge in [0, 0.05) is 44.2 Å². The van der Waals surface area contributed by atoms with Crippen LogP contribution in [-0.2, 0) is 34.2 Å². The van der Waals surface area contributed by atoms with Crippen molar-refractivity contribution in [3.63, 3.8) is 0 Å². The van der Waals surface area contributed by atoms with Gasteiger partial charge < -0.3 is 10.2 Å². The Morgan fingerprint density at radius 3 is 2.40 bits per heavy atom. The van der Waals surface area contributed by atoms with Crippen molar-refractivity contribution in [3.05, 3.63) is 64.7 Å². The summed E-state index contributed by atoms with van der Waals surface area (Å²) in [5.74, 6) is -0.223. The zero-order chi connectivity index (χ0) is 24.4. The zero-order valence-corrected chi connectivity index (χ0v) is 20.9. The Kier molecular flexibility index (Phi) is 6.93. The summed E-state index contributed by atoms with van der Waals surface area (Å²) in [6.07, 6.45) is 6.15. The maximum atomic E-state index is 13.2. The highest BCUT2D eigenvalue weighted by Gasteiger charge is 2.32. The first-order valence-corrected chi connectivity index (χ1v) is 14.1. The Balaban J connectivity index is 1.14. The van der Waals surface area contributed by atoms with E-state index in [0.29, 0.717) is 42.9 Å². The van der Waals surface area contributed by atoms with E-state index in [0.717, 1.165) is 56.3 Å². The molecule has 2 fully saturated rings. The van der Waals surface area contributed by atoms with Crippen LogP contribution in [0.1, 0.15) is 59.2 Å². The lowest BCUT2D eigenvalue weighted by Crippen LogP contribution is -2.42. The number of piperidine rings is 1. The summed E-state index contributed by atoms with van der Waals surface area (Å²) in [4.78, 5) is 27.7. The number of rotatable bonds is 6. The van der Waals surface area contributed by atoms with Gasteiger partial charge in [-0.2, -0.15) is 4.31 Å². The number of amides is 2. The van der Waals surface area contributed by atoms with Gasteiger partial charge >= 0.3 is 0 Å². The molecule has 2 heterocycles. The lowest BCUT2D eigenvalue weighted by molar-refractivity contribution is -0.126. The number of hydrogen-bond donors (Lipinski definition) is 1. The molecule has 186 valence electrons. The molecule has 2 amide bonds. The Hall–Kier alpha value is -2.71. The second kappa shape index (κ2) is 10.1. The predicted octanol–water partition coefficient (Wildman–Crippen LogP) is 3.13. The molecule has 7 nitrogen and oxygen atoms in total. The molecule has 35 heavy (non-hydrogen) atoms. The van der Waals surface area contributed by atoms with Gasteiger partial charge in [0.05, 0.1) is 4.90 Å². The zero-order valence-electron chi connectivity index (χ0n) is 20.0. The fraction of sp³-hybridized carbons (Fsp3) is 0.481. The van der Waals surface area contributed by atoms with E-state index in [9.17, 15) is 18.0 Å². The van der Waals surface area contributed by atoms with E-state index < -0.39 is 10.0 Å². The first-order chi connectivity index (χ1) is 16.9. The number of fused-ring (bicyclic) bond motifs is 1. The van der Waals surface area contributed by atoms with Crippen LogP contribution in [0.2, 0.25) is 0 Å². The number of sulfonamides is 1. The summed E-state index contributed by atoms with van der Waals surface area (Å²) in [7, 11) is -3.54. The number of nitrogens with one attached hydrogen (secondary N) is 1. The minimum atomic E-state index is -3.54. The number of carbonyl (C=O) groups excluding carboxylic acids is 2. The van der Waals surface area contributed by atoms with E-state index in [4.69, 9.17) is 0 Å². The highest BCUT2D eigenvalue weighted by molar-refractivity contribution is 7.89. The molecule has 2 aromatic rings. The van der Waals surface area contributed by atoms with Crippen LogP contribution >= 0.6 is 0 Å². The molecule has 5 rings (SSSR count). The van der Waals surface area contributed by atoms with Crippen LogP contribution in [0.15, 0.2) is 47.4 Å². The van der Waals surface area contributed by atoms with Crippen molar-refractivity contribution in [1.82, 2.24) is 14.5 Å². The van der Waals surface area contributed by atoms with Crippen molar-refractivity contribution < 1.29 is 18.0 Å². The summed E-state index contributed by atoms with van der Waals surface area (Å²) >= 11 is 0. The maximum Gasteiger partial charge on any atom is 0.253 e. The molecule has 0 atom stereocenters. The van der Waals surface area contributed by atoms with Gasteiger partial charge in [-0.15, -0.1) is 0 Å². The van der Waals surface area contributed by atoms with E-state index in [1.807, 2.05) is 41.3 Å². The quantitative estimate of drug-likeness (QED) is 0.667. The highest BCUT2D eigenvalue weighted by Crippen LogP contribution is 2.28. The minimum Gasteiger partial charge on any atom is -0.352 e. The summed E-state index contributed by atoms with van der Waals surface area (Å²) in [5.41, 5.74) is 3.94. The highest BCUT2D eigenvalue weighted by atomic mass is 32.2. The van der Waals surface area contributed by atoms with Gasteiger partial charge in [0.15, 0.2) is 0 Å². The Morgan fingerprint density at radius 1 is 0.886 bits per heavy atom. The lowest BCUT2D eigenvalue weighted by Gasteiger charge is -2.30. The van der Waals surface area contributed by atoms with Crippen LogP contribution in [0.25, 0.3) is 0 Å². The second-order valence-corrected chi connectivity index (χ2v) is 11.8. The van der Waals surface area contributed by atoms with Crippen LogP contribution < -0.4 is 5.32 Å². The molecule has 1 aliphatic carbocycles. The molecule has 1 N–H and O–H groups in total. The van der Waals surface area contributed by atoms with E-state index in [1.54, 1.807) is 6.07 Å². The lowest BCUT2D eigenvalue weighted by atomic mass is 9.97. The average Bonchev–Trinajstić information content (AvgIpc) is 3.59. The SMILES string of the molecule is O=C(NCc1cccc(C(=O)N2CCCC2)c1)C1CCN(S(=O)(=O)c2ccc3c(c2)CCC3)CC1. The van der Waals surface area contributed by atoms with Gasteiger partial charge in [-0.25, -0.2) is 8.42 Å². The maximum absolute atomic E-state index is 13.2. The van der Waals surface area contributed by atoms with Crippen molar-refractivity contribution >= 4 is 21.8 Å². The van der Waals surface area contributed by atoms with Gasteiger partial charge in [-0.05, 0) is 85.9 Å². The van der Waals surface area contributed by atoms with Crippen molar-refractivity contribution in [2.24, 2.45) is 5.92 Å². The third-order valence-corrected chi connectivity index (χ3v) is 9.46. The third-order valence-electron chi connectivity index (χ3n) is 7.57. The number of hydrogen-bond acceptors (Lipinski definition) is 4. The van der Waals surface area contributed by atoms with Crippen molar-refractivity contribution in [2.45, 2.75) is 56.4 Å². The molecule has 2 aliphatic heterocycles. The topological polar surface area (TPSA) is 86.8 Å². The van der Waals surface area contributed by atoms with E-state index in [-0.39, 0.29) is 17.7 Å². The molecule has 2 saturated heterocycles. The van der Waals surface area contributed by atoms with E-state index >= 15 is 0 Å². The van der Waals surface area contributed by atoms with Crippen LogP contribution in [0.3, 0.4) is 0 Å². The molecule has 0 aromatic heterocycles. The molecule has 0 radical (unpaired) electrons. The number of aryl methyl sites for hydroxylation is 2. The first kappa shape index (κ1) is 24.0. The molecule has 2 aromatic carbocycles. The van der Waals surface area contributed by atoms with Gasteiger partial charge in [-0.3, -0.25) is 9.59 Å². The normalized spacial score (nSPS) is 19.0. The van der Waals surface area contributed by atoms with Gasteiger partial charge in [0.1, 0.15) is 0 Å². The molecular weight excluding hydrogens is 462 g/mol. The molecule has 0 saturated carbocycles. The number of likely N-dealkylation sites (tertiary alicyclic amines) is 1. The summed E-state index contributed by atoms with van der Waals surface area (Å²) in [6.45, 7) is 2.66. The second-order valence-electron chi connectivity index (χ2n) is 9.88. The van der Waals surface area contributed by atoms with Crippen LogP contribution in [0.5, 0.6) is 0 Å². The largest absolute Gasteiger partial charge is 0.352 e. The monoisotopic (exact) mass is 495 g/mol. The van der Waals surface area contributed by atoms with Gasteiger partial charge in [-0.1, -0.05) is 18.2 Å². The molecular formula is C27H33N3O4S. The smallest absolute Gasteiger partial charge is 0.253 e. The van der Waals surface area contributed by atoms with Gasteiger partial charge in [0.25, 0.3) is 5.91 Å². The van der Waals surface area contributed by atoms with Crippen molar-refractivity contribution in [1.29, 1.82) is 0 Å². The first-order valence-electron chi connectivity index (χ1n) is 12.7. The van der Waals surface area contributed by atoms with Crippen molar-refractivity contribution in [2.75, 3.05) is 26.2 Å². The van der Waals surface area contributed by atoms with Crippen LogP contribution in [0.4, 0.5) is 0 Å².